The molecule has 0 fully saturated rings. The van der Waals surface area contributed by atoms with Gasteiger partial charge in [-0.3, -0.25) is 0 Å². The summed E-state index contributed by atoms with van der Waals surface area (Å²) in [7, 11) is 2.39. The standard InChI is InChI=1S/C14H14N4O5/c1-21-11(19)7-10(13(20)22-2)16-9-6-4-3-5-8(9)12-17-18-14(15)23-12/h3-7,16H,1-2H3,(H2,15,18)/b10-7+. The number of nitrogen functional groups attached to an aromatic ring is 1. The maximum atomic E-state index is 11.8. The Morgan fingerprint density at radius 1 is 1.22 bits per heavy atom. The lowest BCUT2D eigenvalue weighted by molar-refractivity contribution is -0.138. The van der Waals surface area contributed by atoms with Crippen LogP contribution in [0.1, 0.15) is 0 Å². The first-order valence-corrected chi connectivity index (χ1v) is 6.38. The lowest BCUT2D eigenvalue weighted by Gasteiger charge is -2.11. The van der Waals surface area contributed by atoms with Crippen molar-refractivity contribution in [3.05, 3.63) is 36.0 Å². The van der Waals surface area contributed by atoms with Crippen molar-refractivity contribution in [3.63, 3.8) is 0 Å². The fraction of sp³-hybridized carbons (Fsp3) is 0.143. The van der Waals surface area contributed by atoms with Gasteiger partial charge in [-0.15, -0.1) is 5.10 Å². The van der Waals surface area contributed by atoms with E-state index < -0.39 is 11.9 Å². The molecule has 1 heterocycles. The summed E-state index contributed by atoms with van der Waals surface area (Å²) in [6.07, 6.45) is 0.977. The van der Waals surface area contributed by atoms with Gasteiger partial charge >= 0.3 is 18.0 Å². The van der Waals surface area contributed by atoms with Gasteiger partial charge in [0.1, 0.15) is 5.70 Å². The molecule has 1 aromatic heterocycles. The topological polar surface area (TPSA) is 130 Å². The molecule has 3 N–H and O–H groups in total. The van der Waals surface area contributed by atoms with E-state index in [2.05, 4.69) is 25.0 Å². The number of nitrogens with two attached hydrogens (primary N) is 1. The van der Waals surface area contributed by atoms with E-state index in [0.29, 0.717) is 11.3 Å². The minimum absolute atomic E-state index is 0.0897. The second-order valence-corrected chi connectivity index (χ2v) is 4.19. The number of aromatic nitrogens is 2. The fourth-order valence-corrected chi connectivity index (χ4v) is 1.70. The second-order valence-electron chi connectivity index (χ2n) is 4.19. The van der Waals surface area contributed by atoms with Gasteiger partial charge in [-0.05, 0) is 12.1 Å². The molecular weight excluding hydrogens is 304 g/mol. The third-order valence-electron chi connectivity index (χ3n) is 2.74. The van der Waals surface area contributed by atoms with Crippen LogP contribution in [0.5, 0.6) is 0 Å². The van der Waals surface area contributed by atoms with E-state index in [-0.39, 0.29) is 17.6 Å². The Kier molecular flexibility index (Phi) is 4.92. The summed E-state index contributed by atoms with van der Waals surface area (Å²) >= 11 is 0. The Labute approximate surface area is 131 Å². The summed E-state index contributed by atoms with van der Waals surface area (Å²) in [5.74, 6) is -1.29. The smallest absolute Gasteiger partial charge is 0.354 e. The van der Waals surface area contributed by atoms with Gasteiger partial charge in [0.05, 0.1) is 31.5 Å². The molecule has 0 aliphatic carbocycles. The van der Waals surface area contributed by atoms with Crippen LogP contribution in [0.3, 0.4) is 0 Å². The van der Waals surface area contributed by atoms with Gasteiger partial charge < -0.3 is 24.9 Å². The average Bonchev–Trinajstić information content (AvgIpc) is 3.00. The zero-order valence-corrected chi connectivity index (χ0v) is 12.4. The molecule has 9 nitrogen and oxygen atoms in total. The number of para-hydroxylation sites is 1. The SMILES string of the molecule is COC(=O)/C=C(/Nc1ccccc1-c1nnc(N)o1)C(=O)OC. The van der Waals surface area contributed by atoms with Gasteiger partial charge in [-0.2, -0.15) is 0 Å². The molecule has 0 unspecified atom stereocenters. The molecule has 0 amide bonds. The number of nitrogens with one attached hydrogen (secondary N) is 1. The summed E-state index contributed by atoms with van der Waals surface area (Å²) in [6.45, 7) is 0. The van der Waals surface area contributed by atoms with Crippen molar-refractivity contribution in [1.82, 2.24) is 10.2 Å². The summed E-state index contributed by atoms with van der Waals surface area (Å²) in [5, 5.41) is 10.2. The van der Waals surface area contributed by atoms with Crippen LogP contribution in [0.2, 0.25) is 0 Å². The van der Waals surface area contributed by atoms with E-state index in [4.69, 9.17) is 10.2 Å². The highest BCUT2D eigenvalue weighted by molar-refractivity contribution is 5.99. The van der Waals surface area contributed by atoms with E-state index in [0.717, 1.165) is 6.08 Å². The number of esters is 2. The molecule has 0 saturated heterocycles. The van der Waals surface area contributed by atoms with Crippen molar-refractivity contribution in [2.45, 2.75) is 0 Å². The number of anilines is 2. The predicted octanol–water partition coefficient (Wildman–Crippen LogP) is 0.961. The molecule has 2 aromatic rings. The van der Waals surface area contributed by atoms with Crippen LogP contribution in [-0.4, -0.2) is 36.4 Å². The number of ether oxygens (including phenoxy) is 2. The Balaban J connectivity index is 2.39. The molecule has 1 aromatic carbocycles. The molecule has 2 rings (SSSR count). The van der Waals surface area contributed by atoms with Crippen LogP contribution in [0.25, 0.3) is 11.5 Å². The van der Waals surface area contributed by atoms with Gasteiger partial charge in [-0.1, -0.05) is 17.2 Å². The second kappa shape index (κ2) is 7.07. The fourth-order valence-electron chi connectivity index (χ4n) is 1.70. The zero-order chi connectivity index (χ0) is 16.8. The molecule has 0 atom stereocenters. The maximum absolute atomic E-state index is 11.8. The molecule has 23 heavy (non-hydrogen) atoms. The Bertz CT molecular complexity index is 753. The van der Waals surface area contributed by atoms with Crippen molar-refractivity contribution in [3.8, 4) is 11.5 Å². The third kappa shape index (κ3) is 3.84. The number of benzene rings is 1. The van der Waals surface area contributed by atoms with E-state index in [1.54, 1.807) is 24.3 Å². The molecule has 0 bridgehead atoms. The van der Waals surface area contributed by atoms with Gasteiger partial charge in [0.25, 0.3) is 5.89 Å². The molecule has 0 radical (unpaired) electrons. The van der Waals surface area contributed by atoms with E-state index in [9.17, 15) is 9.59 Å². The number of rotatable bonds is 5. The van der Waals surface area contributed by atoms with Crippen molar-refractivity contribution in [2.75, 3.05) is 25.3 Å². The van der Waals surface area contributed by atoms with E-state index in [1.165, 1.54) is 14.2 Å². The summed E-state index contributed by atoms with van der Waals surface area (Å²) in [6, 6.07) is 6.71. The summed E-state index contributed by atoms with van der Waals surface area (Å²) in [5.41, 5.74) is 6.24. The number of nitrogens with zero attached hydrogens (tertiary/aromatic N) is 2. The first-order chi connectivity index (χ1) is 11.0. The molecule has 120 valence electrons. The van der Waals surface area contributed by atoms with Crippen molar-refractivity contribution in [1.29, 1.82) is 0 Å². The Hall–Kier alpha value is -3.36. The summed E-state index contributed by atoms with van der Waals surface area (Å²) < 4.78 is 14.3. The zero-order valence-electron chi connectivity index (χ0n) is 12.4. The highest BCUT2D eigenvalue weighted by atomic mass is 16.5. The maximum Gasteiger partial charge on any atom is 0.354 e. The lowest BCUT2D eigenvalue weighted by Crippen LogP contribution is -2.15. The van der Waals surface area contributed by atoms with Crippen molar-refractivity contribution >= 4 is 23.6 Å². The third-order valence-corrected chi connectivity index (χ3v) is 2.74. The van der Waals surface area contributed by atoms with Crippen LogP contribution >= 0.6 is 0 Å². The molecular formula is C14H14N4O5. The van der Waals surface area contributed by atoms with Crippen molar-refractivity contribution < 1.29 is 23.5 Å². The van der Waals surface area contributed by atoms with Crippen molar-refractivity contribution in [2.24, 2.45) is 0 Å². The predicted molar refractivity (Wildman–Crippen MR) is 79.9 cm³/mol. The van der Waals surface area contributed by atoms with Crippen LogP contribution < -0.4 is 11.1 Å². The van der Waals surface area contributed by atoms with E-state index >= 15 is 0 Å². The van der Waals surface area contributed by atoms with Crippen LogP contribution in [-0.2, 0) is 19.1 Å². The number of hydrogen-bond donors (Lipinski definition) is 2. The molecule has 0 spiro atoms. The molecule has 0 saturated carbocycles. The van der Waals surface area contributed by atoms with Gasteiger partial charge in [0.15, 0.2) is 0 Å². The Morgan fingerprint density at radius 3 is 2.57 bits per heavy atom. The number of carbonyl (C=O) groups is 2. The quantitative estimate of drug-likeness (QED) is 0.611. The van der Waals surface area contributed by atoms with Gasteiger partial charge in [-0.25, -0.2) is 9.59 Å². The first-order valence-electron chi connectivity index (χ1n) is 6.38. The minimum atomic E-state index is -0.741. The molecule has 9 heteroatoms. The number of hydrogen-bond acceptors (Lipinski definition) is 9. The molecule has 0 aliphatic rings. The minimum Gasteiger partial charge on any atom is -0.466 e. The van der Waals surface area contributed by atoms with Gasteiger partial charge in [0.2, 0.25) is 0 Å². The normalized spacial score (nSPS) is 11.0. The largest absolute Gasteiger partial charge is 0.466 e. The molecule has 0 aliphatic heterocycles. The monoisotopic (exact) mass is 318 g/mol. The average molecular weight is 318 g/mol. The van der Waals surface area contributed by atoms with Crippen LogP contribution in [0.15, 0.2) is 40.5 Å². The van der Waals surface area contributed by atoms with Crippen LogP contribution in [0, 0.1) is 0 Å². The lowest BCUT2D eigenvalue weighted by atomic mass is 10.1. The Morgan fingerprint density at radius 2 is 1.96 bits per heavy atom. The summed E-state index contributed by atoms with van der Waals surface area (Å²) in [4.78, 5) is 23.2. The number of methoxy groups -OCH3 is 2. The number of carbonyl (C=O) groups excluding carboxylic acids is 2. The first kappa shape index (κ1) is 16.0. The highest BCUT2D eigenvalue weighted by Gasteiger charge is 2.17. The highest BCUT2D eigenvalue weighted by Crippen LogP contribution is 2.28. The van der Waals surface area contributed by atoms with Gasteiger partial charge in [0, 0.05) is 0 Å². The van der Waals surface area contributed by atoms with E-state index in [1.807, 2.05) is 0 Å². The van der Waals surface area contributed by atoms with Crippen LogP contribution in [0.4, 0.5) is 11.7 Å².